The second-order valence-corrected chi connectivity index (χ2v) is 3.61. The molecule has 0 amide bonds. The number of carbonyl (C=O) groups is 1. The van der Waals surface area contributed by atoms with Crippen LogP contribution in [-0.4, -0.2) is 24.7 Å². The van der Waals surface area contributed by atoms with Crippen LogP contribution in [-0.2, 0) is 0 Å². The molecule has 0 saturated heterocycles. The van der Waals surface area contributed by atoms with Crippen molar-refractivity contribution in [2.24, 2.45) is 4.99 Å². The molecule has 1 aromatic rings. The molecule has 0 unspecified atom stereocenters. The third-order valence-corrected chi connectivity index (χ3v) is 2.42. The Kier molecular flexibility index (Phi) is 5.11. The Labute approximate surface area is 107 Å². The van der Waals surface area contributed by atoms with Gasteiger partial charge in [-0.25, -0.2) is 0 Å². The van der Waals surface area contributed by atoms with Gasteiger partial charge in [-0.3, -0.25) is 9.79 Å². The number of methoxy groups -OCH3 is 1. The lowest BCUT2D eigenvalue weighted by Gasteiger charge is -2.10. The first-order chi connectivity index (χ1) is 8.67. The van der Waals surface area contributed by atoms with E-state index < -0.39 is 0 Å². The minimum absolute atomic E-state index is 0.115. The van der Waals surface area contributed by atoms with E-state index in [2.05, 4.69) is 4.99 Å². The fraction of sp³-hybridized carbons (Fsp3) is 0.286. The Bertz CT molecular complexity index is 490. The summed E-state index contributed by atoms with van der Waals surface area (Å²) in [5.41, 5.74) is 1.48. The van der Waals surface area contributed by atoms with Crippen molar-refractivity contribution in [3.05, 3.63) is 29.3 Å². The van der Waals surface area contributed by atoms with E-state index in [0.717, 1.165) is 0 Å². The van der Waals surface area contributed by atoms with Crippen molar-refractivity contribution in [1.82, 2.24) is 0 Å². The van der Waals surface area contributed by atoms with Gasteiger partial charge in [0, 0.05) is 17.8 Å². The molecule has 0 spiro atoms. The number of nitrogens with zero attached hydrogens (tertiary/aromatic N) is 1. The van der Waals surface area contributed by atoms with Crippen molar-refractivity contribution < 1.29 is 14.6 Å². The number of benzene rings is 1. The maximum atomic E-state index is 11.0. The molecule has 0 atom stereocenters. The smallest absolute Gasteiger partial charge is 0.153 e. The maximum absolute atomic E-state index is 11.0. The predicted octanol–water partition coefficient (Wildman–Crippen LogP) is 3.54. The van der Waals surface area contributed by atoms with Gasteiger partial charge in [-0.05, 0) is 25.5 Å². The number of allylic oxidation sites excluding steroid dienone is 1. The van der Waals surface area contributed by atoms with E-state index in [9.17, 15) is 9.90 Å². The highest BCUT2D eigenvalue weighted by atomic mass is 16.5. The largest absolute Gasteiger partial charge is 0.508 e. The maximum Gasteiger partial charge on any atom is 0.153 e. The highest BCUT2D eigenvalue weighted by Crippen LogP contribution is 2.32. The standard InChI is InChI=1S/C14H17NO3/c1-4-6-13(17)11-7-10(9-16)14(18-3)8-12(11)15-5-2/h5-9,17H,4H2,1-3H3/b13-6-,15-5?. The molecule has 0 bridgehead atoms. The van der Waals surface area contributed by atoms with E-state index >= 15 is 0 Å². The topological polar surface area (TPSA) is 58.9 Å². The van der Waals surface area contributed by atoms with Gasteiger partial charge in [-0.15, -0.1) is 0 Å². The van der Waals surface area contributed by atoms with Crippen molar-refractivity contribution in [2.45, 2.75) is 20.3 Å². The minimum atomic E-state index is 0.115. The molecule has 1 aromatic carbocycles. The average Bonchev–Trinajstić information content (AvgIpc) is 2.38. The van der Waals surface area contributed by atoms with E-state index in [1.165, 1.54) is 7.11 Å². The fourth-order valence-corrected chi connectivity index (χ4v) is 1.61. The van der Waals surface area contributed by atoms with Crippen molar-refractivity contribution in [2.75, 3.05) is 7.11 Å². The molecule has 0 radical (unpaired) electrons. The average molecular weight is 247 g/mol. The number of aliphatic hydroxyl groups excluding tert-OH is 1. The zero-order valence-electron chi connectivity index (χ0n) is 10.8. The Morgan fingerprint density at radius 2 is 2.22 bits per heavy atom. The second kappa shape index (κ2) is 6.59. The molecule has 1 rings (SSSR count). The molecular weight excluding hydrogens is 230 g/mol. The zero-order valence-corrected chi connectivity index (χ0v) is 10.8. The molecule has 0 saturated carbocycles. The van der Waals surface area contributed by atoms with Crippen LogP contribution in [0.5, 0.6) is 5.75 Å². The van der Waals surface area contributed by atoms with Crippen LogP contribution in [0.2, 0.25) is 0 Å². The van der Waals surface area contributed by atoms with Crippen LogP contribution in [0.3, 0.4) is 0 Å². The van der Waals surface area contributed by atoms with E-state index in [-0.39, 0.29) is 5.76 Å². The highest BCUT2D eigenvalue weighted by molar-refractivity contribution is 5.85. The van der Waals surface area contributed by atoms with Gasteiger partial charge in [0.05, 0.1) is 18.4 Å². The lowest BCUT2D eigenvalue weighted by atomic mass is 10.1. The summed E-state index contributed by atoms with van der Waals surface area (Å²) in [7, 11) is 1.49. The monoisotopic (exact) mass is 247 g/mol. The molecule has 0 fully saturated rings. The Hall–Kier alpha value is -2.10. The van der Waals surface area contributed by atoms with E-state index in [1.807, 2.05) is 6.92 Å². The molecule has 0 aromatic heterocycles. The van der Waals surface area contributed by atoms with Crippen LogP contribution in [0.4, 0.5) is 5.69 Å². The fourth-order valence-electron chi connectivity index (χ4n) is 1.61. The van der Waals surface area contributed by atoms with Gasteiger partial charge >= 0.3 is 0 Å². The van der Waals surface area contributed by atoms with Crippen LogP contribution in [0.15, 0.2) is 23.2 Å². The molecular formula is C14H17NO3. The van der Waals surface area contributed by atoms with E-state index in [0.29, 0.717) is 35.3 Å². The summed E-state index contributed by atoms with van der Waals surface area (Å²) < 4.78 is 5.11. The van der Waals surface area contributed by atoms with Crippen molar-refractivity contribution in [3.8, 4) is 5.75 Å². The molecule has 0 aliphatic carbocycles. The Morgan fingerprint density at radius 1 is 1.50 bits per heavy atom. The molecule has 4 heteroatoms. The number of aliphatic imine (C=N–C) groups is 1. The van der Waals surface area contributed by atoms with Gasteiger partial charge in [-0.2, -0.15) is 0 Å². The lowest BCUT2D eigenvalue weighted by Crippen LogP contribution is -1.94. The number of hydrogen-bond donors (Lipinski definition) is 1. The lowest BCUT2D eigenvalue weighted by molar-refractivity contribution is 0.112. The zero-order chi connectivity index (χ0) is 13.5. The first-order valence-electron chi connectivity index (χ1n) is 5.73. The Balaban J connectivity index is 3.47. The number of carbonyl (C=O) groups excluding carboxylic acids is 1. The molecule has 96 valence electrons. The molecule has 0 aliphatic rings. The normalized spacial score (nSPS) is 11.8. The summed E-state index contributed by atoms with van der Waals surface area (Å²) >= 11 is 0. The summed E-state index contributed by atoms with van der Waals surface area (Å²) in [5.74, 6) is 0.558. The number of hydrogen-bond acceptors (Lipinski definition) is 4. The van der Waals surface area contributed by atoms with Crippen LogP contribution >= 0.6 is 0 Å². The number of aldehydes is 1. The van der Waals surface area contributed by atoms with Crippen LogP contribution in [0, 0.1) is 0 Å². The first kappa shape index (κ1) is 14.0. The summed E-state index contributed by atoms with van der Waals surface area (Å²) in [6, 6.07) is 3.22. The van der Waals surface area contributed by atoms with Crippen molar-refractivity contribution in [3.63, 3.8) is 0 Å². The van der Waals surface area contributed by atoms with Gasteiger partial charge in [0.1, 0.15) is 11.5 Å². The van der Waals surface area contributed by atoms with Crippen LogP contribution < -0.4 is 4.74 Å². The number of rotatable bonds is 5. The quantitative estimate of drug-likeness (QED) is 0.492. The molecule has 0 aliphatic heterocycles. The van der Waals surface area contributed by atoms with Crippen molar-refractivity contribution >= 4 is 23.9 Å². The summed E-state index contributed by atoms with van der Waals surface area (Å²) in [6.45, 7) is 3.70. The molecule has 1 N–H and O–H groups in total. The number of aliphatic hydroxyl groups is 1. The summed E-state index contributed by atoms with van der Waals surface area (Å²) in [5, 5.41) is 9.94. The van der Waals surface area contributed by atoms with Gasteiger partial charge in [0.2, 0.25) is 0 Å². The highest BCUT2D eigenvalue weighted by Gasteiger charge is 2.12. The molecule has 18 heavy (non-hydrogen) atoms. The summed E-state index contributed by atoms with van der Waals surface area (Å²) in [6.07, 6.45) is 4.69. The van der Waals surface area contributed by atoms with Crippen LogP contribution in [0.1, 0.15) is 36.2 Å². The van der Waals surface area contributed by atoms with E-state index in [1.54, 1.807) is 31.3 Å². The van der Waals surface area contributed by atoms with Gasteiger partial charge in [0.15, 0.2) is 6.29 Å². The third-order valence-electron chi connectivity index (χ3n) is 2.42. The Morgan fingerprint density at radius 3 is 2.72 bits per heavy atom. The predicted molar refractivity (Wildman–Crippen MR) is 73.1 cm³/mol. The van der Waals surface area contributed by atoms with Gasteiger partial charge in [-0.1, -0.05) is 6.92 Å². The van der Waals surface area contributed by atoms with Gasteiger partial charge in [0.25, 0.3) is 0 Å². The third kappa shape index (κ3) is 2.97. The minimum Gasteiger partial charge on any atom is -0.508 e. The first-order valence-corrected chi connectivity index (χ1v) is 5.73. The van der Waals surface area contributed by atoms with E-state index in [4.69, 9.17) is 4.74 Å². The van der Waals surface area contributed by atoms with Crippen molar-refractivity contribution in [1.29, 1.82) is 0 Å². The SMILES string of the molecule is CC=Nc1cc(OC)c(C=O)cc1/C(O)=C/CC. The van der Waals surface area contributed by atoms with Gasteiger partial charge < -0.3 is 9.84 Å². The molecule has 4 nitrogen and oxygen atoms in total. The second-order valence-electron chi connectivity index (χ2n) is 3.61. The number of ether oxygens (including phenoxy) is 1. The summed E-state index contributed by atoms with van der Waals surface area (Å²) in [4.78, 5) is 15.1. The van der Waals surface area contributed by atoms with Crippen LogP contribution in [0.25, 0.3) is 5.76 Å². The molecule has 0 heterocycles.